The average Bonchev–Trinajstić information content (AvgIpc) is 2.70. The molecule has 1 heteroatoms. The summed E-state index contributed by atoms with van der Waals surface area (Å²) < 4.78 is 0. The van der Waals surface area contributed by atoms with Crippen LogP contribution < -0.4 is 5.32 Å². The van der Waals surface area contributed by atoms with Gasteiger partial charge in [0.25, 0.3) is 0 Å². The molecule has 1 heterocycles. The van der Waals surface area contributed by atoms with Crippen molar-refractivity contribution in [1.82, 2.24) is 5.32 Å². The third-order valence-corrected chi connectivity index (χ3v) is 2.60. The first kappa shape index (κ1) is 9.47. The molecule has 0 spiro atoms. The first-order valence-corrected chi connectivity index (χ1v) is 5.18. The summed E-state index contributed by atoms with van der Waals surface area (Å²) in [5, 5.41) is 3.44. The van der Waals surface area contributed by atoms with E-state index in [-0.39, 0.29) is 0 Å². The summed E-state index contributed by atoms with van der Waals surface area (Å²) in [6.45, 7) is 5.02. The molecule has 0 unspecified atom stereocenters. The van der Waals surface area contributed by atoms with Crippen LogP contribution in [0.5, 0.6) is 0 Å². The van der Waals surface area contributed by atoms with Gasteiger partial charge < -0.3 is 5.32 Å². The van der Waals surface area contributed by atoms with Gasteiger partial charge in [0.1, 0.15) is 0 Å². The highest BCUT2D eigenvalue weighted by Gasteiger charge is 2.09. The first-order valence-electron chi connectivity index (χ1n) is 5.18. The monoisotopic (exact) mass is 186 g/mol. The molecule has 0 aromatic heterocycles. The second kappa shape index (κ2) is 4.43. The molecule has 1 fully saturated rings. The fourth-order valence-corrected chi connectivity index (χ4v) is 1.73. The molecule has 1 atom stereocenters. The van der Waals surface area contributed by atoms with Crippen LogP contribution in [0.25, 0.3) is 6.08 Å². The Hall–Kier alpha value is -1.08. The molecule has 0 amide bonds. The summed E-state index contributed by atoms with van der Waals surface area (Å²) in [6, 6.07) is 8.87. The Bertz CT molecular complexity index is 305. The molecule has 1 aliphatic rings. The summed E-state index contributed by atoms with van der Waals surface area (Å²) >= 11 is 0. The van der Waals surface area contributed by atoms with Crippen LogP contribution in [0.2, 0.25) is 0 Å². The lowest BCUT2D eigenvalue weighted by Crippen LogP contribution is -2.17. The zero-order valence-corrected chi connectivity index (χ0v) is 8.37. The Balaban J connectivity index is 1.99. The van der Waals surface area contributed by atoms with Crippen LogP contribution in [0.4, 0.5) is 0 Å². The van der Waals surface area contributed by atoms with E-state index < -0.39 is 0 Å². The quantitative estimate of drug-likeness (QED) is 0.748. The third kappa shape index (κ3) is 2.46. The lowest BCUT2D eigenvalue weighted by molar-refractivity contribution is 0.730. The minimum atomic E-state index is 0.578. The minimum Gasteiger partial charge on any atom is -0.311 e. The molecular weight excluding hydrogens is 170 g/mol. The summed E-state index contributed by atoms with van der Waals surface area (Å²) in [7, 11) is 0. The van der Waals surface area contributed by atoms with E-state index in [1.54, 1.807) is 0 Å². The second-order valence-corrected chi connectivity index (χ2v) is 3.80. The van der Waals surface area contributed by atoms with Gasteiger partial charge in [-0.05, 0) is 37.4 Å². The van der Waals surface area contributed by atoms with Crippen LogP contribution in [-0.4, -0.2) is 12.6 Å². The van der Waals surface area contributed by atoms with Crippen molar-refractivity contribution < 1.29 is 0 Å². The molecule has 1 nitrogen and oxygen atoms in total. The number of rotatable bonds is 2. The van der Waals surface area contributed by atoms with Gasteiger partial charge in [-0.2, -0.15) is 0 Å². The van der Waals surface area contributed by atoms with Crippen LogP contribution in [0.15, 0.2) is 30.3 Å². The van der Waals surface area contributed by atoms with Crippen molar-refractivity contribution in [2.45, 2.75) is 18.9 Å². The average molecular weight is 186 g/mol. The van der Waals surface area contributed by atoms with Gasteiger partial charge in [-0.15, -0.1) is 0 Å². The van der Waals surface area contributed by atoms with Crippen LogP contribution in [0, 0.1) is 6.92 Å². The van der Waals surface area contributed by atoms with Gasteiger partial charge in [0.15, 0.2) is 0 Å². The zero-order valence-electron chi connectivity index (χ0n) is 8.37. The number of nitrogens with one attached hydrogen (secondary N) is 1. The Morgan fingerprint density at radius 1 is 1.29 bits per heavy atom. The molecular formula is C13H16N. The van der Waals surface area contributed by atoms with Gasteiger partial charge in [0.05, 0.1) is 0 Å². The van der Waals surface area contributed by atoms with E-state index in [0.29, 0.717) is 6.04 Å². The second-order valence-electron chi connectivity index (χ2n) is 3.80. The molecule has 14 heavy (non-hydrogen) atoms. The van der Waals surface area contributed by atoms with Crippen LogP contribution in [0.3, 0.4) is 0 Å². The van der Waals surface area contributed by atoms with Gasteiger partial charge in [-0.25, -0.2) is 0 Å². The van der Waals surface area contributed by atoms with E-state index in [1.165, 1.54) is 18.4 Å². The van der Waals surface area contributed by atoms with Gasteiger partial charge in [0.2, 0.25) is 0 Å². The third-order valence-electron chi connectivity index (χ3n) is 2.60. The van der Waals surface area contributed by atoms with E-state index in [4.69, 9.17) is 0 Å². The van der Waals surface area contributed by atoms with Crippen molar-refractivity contribution in [3.63, 3.8) is 0 Å². The summed E-state index contributed by atoms with van der Waals surface area (Å²) in [6.07, 6.45) is 7.00. The smallest absolute Gasteiger partial charge is 0.0253 e. The van der Waals surface area contributed by atoms with Gasteiger partial charge >= 0.3 is 0 Å². The predicted molar refractivity (Wildman–Crippen MR) is 61.0 cm³/mol. The van der Waals surface area contributed by atoms with E-state index in [9.17, 15) is 0 Å². The van der Waals surface area contributed by atoms with Crippen LogP contribution >= 0.6 is 0 Å². The van der Waals surface area contributed by atoms with E-state index in [0.717, 1.165) is 12.1 Å². The number of hydrogen-bond donors (Lipinski definition) is 1. The minimum absolute atomic E-state index is 0.578. The lowest BCUT2D eigenvalue weighted by atomic mass is 10.1. The highest BCUT2D eigenvalue weighted by atomic mass is 14.9. The Morgan fingerprint density at radius 2 is 2.07 bits per heavy atom. The Kier molecular flexibility index (Phi) is 3.00. The van der Waals surface area contributed by atoms with Crippen molar-refractivity contribution in [3.8, 4) is 0 Å². The maximum Gasteiger partial charge on any atom is 0.0253 e. The van der Waals surface area contributed by atoms with E-state index in [1.807, 2.05) is 12.1 Å². The van der Waals surface area contributed by atoms with Gasteiger partial charge in [-0.3, -0.25) is 0 Å². The van der Waals surface area contributed by atoms with Crippen molar-refractivity contribution in [1.29, 1.82) is 0 Å². The van der Waals surface area contributed by atoms with Crippen LogP contribution in [-0.2, 0) is 0 Å². The number of benzene rings is 1. The van der Waals surface area contributed by atoms with Gasteiger partial charge in [-0.1, -0.05) is 36.4 Å². The maximum atomic E-state index is 3.86. The first-order chi connectivity index (χ1) is 6.84. The maximum absolute atomic E-state index is 3.86. The molecule has 2 rings (SSSR count). The SMILES string of the molecule is [CH2]c1ccc(/C=C/[C@@H]2CCCN2)cc1. The molecule has 1 aliphatic heterocycles. The van der Waals surface area contributed by atoms with Crippen molar-refractivity contribution in [2.24, 2.45) is 0 Å². The summed E-state index contributed by atoms with van der Waals surface area (Å²) in [5.74, 6) is 0. The molecule has 1 radical (unpaired) electrons. The molecule has 1 aromatic rings. The van der Waals surface area contributed by atoms with Crippen molar-refractivity contribution in [2.75, 3.05) is 6.54 Å². The van der Waals surface area contributed by atoms with Crippen molar-refractivity contribution >= 4 is 6.08 Å². The standard InChI is InChI=1S/C13H16N/c1-11-4-6-12(7-5-11)8-9-13-3-2-10-14-13/h4-9,13-14H,1-3,10H2/b9-8+/t13-/m0/s1. The predicted octanol–water partition coefficient (Wildman–Crippen LogP) is 2.63. The van der Waals surface area contributed by atoms with Crippen molar-refractivity contribution in [3.05, 3.63) is 48.4 Å². The fourth-order valence-electron chi connectivity index (χ4n) is 1.73. The zero-order chi connectivity index (χ0) is 9.80. The summed E-state index contributed by atoms with van der Waals surface area (Å²) in [4.78, 5) is 0. The molecule has 1 N–H and O–H groups in total. The number of hydrogen-bond acceptors (Lipinski definition) is 1. The Morgan fingerprint density at radius 3 is 2.71 bits per heavy atom. The van der Waals surface area contributed by atoms with E-state index in [2.05, 4.69) is 36.5 Å². The molecule has 1 saturated heterocycles. The molecule has 0 aliphatic carbocycles. The lowest BCUT2D eigenvalue weighted by Gasteiger charge is -2.02. The highest BCUT2D eigenvalue weighted by molar-refractivity contribution is 5.50. The molecule has 73 valence electrons. The highest BCUT2D eigenvalue weighted by Crippen LogP contribution is 2.10. The Labute approximate surface area is 85.8 Å². The summed E-state index contributed by atoms with van der Waals surface area (Å²) in [5.41, 5.74) is 2.33. The molecule has 0 saturated carbocycles. The van der Waals surface area contributed by atoms with Gasteiger partial charge in [0, 0.05) is 6.04 Å². The largest absolute Gasteiger partial charge is 0.311 e. The van der Waals surface area contributed by atoms with Crippen LogP contribution in [0.1, 0.15) is 24.0 Å². The van der Waals surface area contributed by atoms with E-state index >= 15 is 0 Å². The molecule has 1 aromatic carbocycles. The fraction of sp³-hybridized carbons (Fsp3) is 0.308. The normalized spacial score (nSPS) is 21.9. The molecule has 0 bridgehead atoms. The topological polar surface area (TPSA) is 12.0 Å².